The van der Waals surface area contributed by atoms with E-state index in [1.165, 1.54) is 31.2 Å². The Kier molecular flexibility index (Phi) is 5.22. The van der Waals surface area contributed by atoms with Crippen molar-refractivity contribution in [3.05, 3.63) is 35.9 Å². The molecule has 20 heavy (non-hydrogen) atoms. The van der Waals surface area contributed by atoms with E-state index in [-0.39, 0.29) is 0 Å². The van der Waals surface area contributed by atoms with E-state index < -0.39 is 0 Å². The first-order valence-corrected chi connectivity index (χ1v) is 7.95. The summed E-state index contributed by atoms with van der Waals surface area (Å²) >= 11 is 0. The predicted molar refractivity (Wildman–Crippen MR) is 86.9 cm³/mol. The van der Waals surface area contributed by atoms with Crippen LogP contribution in [0.4, 0.5) is 0 Å². The first-order valence-electron chi connectivity index (χ1n) is 7.95. The van der Waals surface area contributed by atoms with Crippen molar-refractivity contribution in [1.29, 1.82) is 0 Å². The van der Waals surface area contributed by atoms with E-state index in [0.29, 0.717) is 11.5 Å². The molecule has 2 rings (SSSR count). The Bertz CT molecular complexity index is 389. The van der Waals surface area contributed by atoms with Crippen LogP contribution in [0.3, 0.4) is 0 Å². The van der Waals surface area contributed by atoms with Crippen molar-refractivity contribution in [2.75, 3.05) is 20.6 Å². The van der Waals surface area contributed by atoms with Crippen molar-refractivity contribution in [2.24, 2.45) is 5.41 Å². The fourth-order valence-electron chi connectivity index (χ4n) is 3.41. The van der Waals surface area contributed by atoms with Gasteiger partial charge in [0.1, 0.15) is 0 Å². The Morgan fingerprint density at radius 2 is 1.80 bits per heavy atom. The van der Waals surface area contributed by atoms with E-state index in [4.69, 9.17) is 0 Å². The highest BCUT2D eigenvalue weighted by molar-refractivity contribution is 5.19. The lowest BCUT2D eigenvalue weighted by atomic mass is 9.75. The third-order valence-electron chi connectivity index (χ3n) is 4.96. The van der Waals surface area contributed by atoms with Gasteiger partial charge in [-0.2, -0.15) is 0 Å². The second kappa shape index (κ2) is 6.73. The molecule has 0 bridgehead atoms. The number of hydrogen-bond acceptors (Lipinski definition) is 2. The molecular formula is C18H30N2. The second-order valence-corrected chi connectivity index (χ2v) is 7.05. The third kappa shape index (κ3) is 3.83. The summed E-state index contributed by atoms with van der Waals surface area (Å²) in [6, 6.07) is 12.1. The van der Waals surface area contributed by atoms with Crippen LogP contribution >= 0.6 is 0 Å². The van der Waals surface area contributed by atoms with Gasteiger partial charge in [0, 0.05) is 18.6 Å². The number of rotatable bonds is 5. The van der Waals surface area contributed by atoms with Gasteiger partial charge in [0.25, 0.3) is 0 Å². The standard InChI is InChI=1S/C18H30N2/c1-18(2)12-10-16(11-13-18)20(4)17(14-19-3)15-8-6-5-7-9-15/h5-9,16-17,19H,10-14H2,1-4H3. The molecule has 0 aromatic heterocycles. The van der Waals surface area contributed by atoms with Crippen LogP contribution in [0.15, 0.2) is 30.3 Å². The Balaban J connectivity index is 2.06. The van der Waals surface area contributed by atoms with Crippen molar-refractivity contribution in [3.8, 4) is 0 Å². The average molecular weight is 274 g/mol. The van der Waals surface area contributed by atoms with E-state index >= 15 is 0 Å². The Hall–Kier alpha value is -0.860. The Morgan fingerprint density at radius 3 is 2.35 bits per heavy atom. The monoisotopic (exact) mass is 274 g/mol. The van der Waals surface area contributed by atoms with Crippen LogP contribution in [0.2, 0.25) is 0 Å². The van der Waals surface area contributed by atoms with E-state index in [9.17, 15) is 0 Å². The zero-order valence-electron chi connectivity index (χ0n) is 13.5. The fourth-order valence-corrected chi connectivity index (χ4v) is 3.41. The number of nitrogens with one attached hydrogen (secondary N) is 1. The second-order valence-electron chi connectivity index (χ2n) is 7.05. The van der Waals surface area contributed by atoms with Gasteiger partial charge in [-0.1, -0.05) is 44.2 Å². The Labute approximate surface area is 124 Å². The smallest absolute Gasteiger partial charge is 0.0472 e. The molecule has 1 aromatic carbocycles. The van der Waals surface area contributed by atoms with Crippen LogP contribution in [0.1, 0.15) is 51.1 Å². The number of benzene rings is 1. The maximum absolute atomic E-state index is 3.36. The summed E-state index contributed by atoms with van der Waals surface area (Å²) in [5, 5.41) is 3.36. The maximum atomic E-state index is 3.36. The molecule has 0 radical (unpaired) electrons. The minimum Gasteiger partial charge on any atom is -0.318 e. The summed E-state index contributed by atoms with van der Waals surface area (Å²) in [6.07, 6.45) is 5.36. The summed E-state index contributed by atoms with van der Waals surface area (Å²) in [5.74, 6) is 0. The van der Waals surface area contributed by atoms with Crippen molar-refractivity contribution in [3.63, 3.8) is 0 Å². The van der Waals surface area contributed by atoms with Crippen LogP contribution in [-0.2, 0) is 0 Å². The Morgan fingerprint density at radius 1 is 1.20 bits per heavy atom. The third-order valence-corrected chi connectivity index (χ3v) is 4.96. The van der Waals surface area contributed by atoms with Crippen LogP contribution in [0, 0.1) is 5.41 Å². The van der Waals surface area contributed by atoms with Gasteiger partial charge >= 0.3 is 0 Å². The molecular weight excluding hydrogens is 244 g/mol. The van der Waals surface area contributed by atoms with Crippen LogP contribution in [0.25, 0.3) is 0 Å². The lowest BCUT2D eigenvalue weighted by Crippen LogP contribution is -2.42. The number of likely N-dealkylation sites (N-methyl/N-ethyl adjacent to an activating group) is 2. The predicted octanol–water partition coefficient (Wildman–Crippen LogP) is 3.85. The molecule has 0 spiro atoms. The molecule has 1 aliphatic carbocycles. The highest BCUT2D eigenvalue weighted by Gasteiger charge is 2.31. The van der Waals surface area contributed by atoms with E-state index in [2.05, 4.69) is 61.4 Å². The summed E-state index contributed by atoms with van der Waals surface area (Å²) in [5.41, 5.74) is 1.97. The molecule has 1 N–H and O–H groups in total. The van der Waals surface area contributed by atoms with Crippen molar-refractivity contribution in [2.45, 2.75) is 51.6 Å². The molecule has 1 saturated carbocycles. The minimum absolute atomic E-state index is 0.479. The molecule has 0 heterocycles. The molecule has 0 amide bonds. The zero-order chi connectivity index (χ0) is 14.6. The molecule has 2 nitrogen and oxygen atoms in total. The first kappa shape index (κ1) is 15.5. The SMILES string of the molecule is CNCC(c1ccccc1)N(C)C1CCC(C)(C)CC1. The summed E-state index contributed by atoms with van der Waals surface area (Å²) in [6.45, 7) is 5.83. The van der Waals surface area contributed by atoms with Gasteiger partial charge in [-0.3, -0.25) is 4.90 Å². The van der Waals surface area contributed by atoms with Gasteiger partial charge < -0.3 is 5.32 Å². The fraction of sp³-hybridized carbons (Fsp3) is 0.667. The van der Waals surface area contributed by atoms with Gasteiger partial charge in [-0.15, -0.1) is 0 Å². The van der Waals surface area contributed by atoms with Crippen molar-refractivity contribution < 1.29 is 0 Å². The maximum Gasteiger partial charge on any atom is 0.0472 e. The van der Waals surface area contributed by atoms with Crippen molar-refractivity contribution in [1.82, 2.24) is 10.2 Å². The first-order chi connectivity index (χ1) is 9.53. The zero-order valence-corrected chi connectivity index (χ0v) is 13.5. The molecule has 1 aliphatic rings. The summed E-state index contributed by atoms with van der Waals surface area (Å²) in [7, 11) is 4.35. The molecule has 1 unspecified atom stereocenters. The number of hydrogen-bond donors (Lipinski definition) is 1. The largest absolute Gasteiger partial charge is 0.318 e. The molecule has 0 aliphatic heterocycles. The molecule has 0 saturated heterocycles. The van der Waals surface area contributed by atoms with Gasteiger partial charge in [-0.25, -0.2) is 0 Å². The van der Waals surface area contributed by atoms with E-state index in [0.717, 1.165) is 12.6 Å². The van der Waals surface area contributed by atoms with Gasteiger partial charge in [0.05, 0.1) is 0 Å². The summed E-state index contributed by atoms with van der Waals surface area (Å²) < 4.78 is 0. The van der Waals surface area contributed by atoms with Crippen LogP contribution < -0.4 is 5.32 Å². The molecule has 112 valence electrons. The summed E-state index contributed by atoms with van der Waals surface area (Å²) in [4.78, 5) is 2.60. The van der Waals surface area contributed by atoms with Crippen LogP contribution in [-0.4, -0.2) is 31.6 Å². The molecule has 1 fully saturated rings. The topological polar surface area (TPSA) is 15.3 Å². The average Bonchev–Trinajstić information content (AvgIpc) is 2.45. The van der Waals surface area contributed by atoms with Gasteiger partial charge in [0.15, 0.2) is 0 Å². The van der Waals surface area contributed by atoms with E-state index in [1.807, 2.05) is 7.05 Å². The number of nitrogens with zero attached hydrogens (tertiary/aromatic N) is 1. The van der Waals surface area contributed by atoms with Gasteiger partial charge in [0.2, 0.25) is 0 Å². The molecule has 2 heteroatoms. The van der Waals surface area contributed by atoms with Crippen molar-refractivity contribution >= 4 is 0 Å². The van der Waals surface area contributed by atoms with E-state index in [1.54, 1.807) is 0 Å². The molecule has 1 aromatic rings. The highest BCUT2D eigenvalue weighted by atomic mass is 15.2. The lowest BCUT2D eigenvalue weighted by Gasteiger charge is -2.42. The molecule has 1 atom stereocenters. The minimum atomic E-state index is 0.479. The lowest BCUT2D eigenvalue weighted by molar-refractivity contribution is 0.0941. The highest BCUT2D eigenvalue weighted by Crippen LogP contribution is 2.38. The van der Waals surface area contributed by atoms with Crippen LogP contribution in [0.5, 0.6) is 0 Å². The normalized spacial score (nSPS) is 21.1. The van der Waals surface area contributed by atoms with Gasteiger partial charge in [-0.05, 0) is 50.8 Å². The quantitative estimate of drug-likeness (QED) is 0.877.